The number of nitrogens with one attached hydrogen (secondary N) is 2. The van der Waals surface area contributed by atoms with Crippen molar-refractivity contribution in [2.45, 2.75) is 45.8 Å². The van der Waals surface area contributed by atoms with E-state index in [1.807, 2.05) is 49.9 Å². The second-order valence-electron chi connectivity index (χ2n) is 7.30. The van der Waals surface area contributed by atoms with Crippen molar-refractivity contribution in [3.8, 4) is 0 Å². The molecule has 25 heavy (non-hydrogen) atoms. The number of ether oxygens (including phenoxy) is 1. The SMILES string of the molecule is CC(C)(C)OC(=O)NCc1ccc(CCC(=O)N2CCNCC2)cc1. The monoisotopic (exact) mass is 347 g/mol. The summed E-state index contributed by atoms with van der Waals surface area (Å²) in [6.45, 7) is 9.29. The maximum absolute atomic E-state index is 12.2. The first-order chi connectivity index (χ1) is 11.8. The van der Waals surface area contributed by atoms with Crippen LogP contribution in [0.5, 0.6) is 0 Å². The van der Waals surface area contributed by atoms with E-state index in [9.17, 15) is 9.59 Å². The molecule has 0 aliphatic carbocycles. The maximum atomic E-state index is 12.2. The first-order valence-corrected chi connectivity index (χ1v) is 8.87. The minimum atomic E-state index is -0.495. The Bertz CT molecular complexity index is 573. The van der Waals surface area contributed by atoms with E-state index < -0.39 is 11.7 Å². The van der Waals surface area contributed by atoms with Gasteiger partial charge < -0.3 is 20.3 Å². The van der Waals surface area contributed by atoms with Gasteiger partial charge in [-0.2, -0.15) is 0 Å². The highest BCUT2D eigenvalue weighted by Crippen LogP contribution is 2.10. The highest BCUT2D eigenvalue weighted by Gasteiger charge is 2.16. The molecule has 6 nitrogen and oxygen atoms in total. The molecule has 1 aromatic carbocycles. The van der Waals surface area contributed by atoms with Crippen molar-refractivity contribution in [3.63, 3.8) is 0 Å². The molecule has 0 atom stereocenters. The summed E-state index contributed by atoms with van der Waals surface area (Å²) in [4.78, 5) is 25.7. The van der Waals surface area contributed by atoms with E-state index in [-0.39, 0.29) is 5.91 Å². The first-order valence-electron chi connectivity index (χ1n) is 8.87. The summed E-state index contributed by atoms with van der Waals surface area (Å²) in [5.41, 5.74) is 1.64. The third-order valence-corrected chi connectivity index (χ3v) is 3.96. The molecule has 0 unspecified atom stereocenters. The third kappa shape index (κ3) is 7.13. The van der Waals surface area contributed by atoms with Crippen LogP contribution in [0.1, 0.15) is 38.3 Å². The van der Waals surface area contributed by atoms with E-state index >= 15 is 0 Å². The average molecular weight is 347 g/mol. The molecule has 2 rings (SSSR count). The summed E-state index contributed by atoms with van der Waals surface area (Å²) in [7, 11) is 0. The van der Waals surface area contributed by atoms with Gasteiger partial charge in [-0.15, -0.1) is 0 Å². The molecule has 1 heterocycles. The van der Waals surface area contributed by atoms with E-state index in [4.69, 9.17) is 4.74 Å². The third-order valence-electron chi connectivity index (χ3n) is 3.96. The fraction of sp³-hybridized carbons (Fsp3) is 0.579. The summed E-state index contributed by atoms with van der Waals surface area (Å²) in [6.07, 6.45) is 0.857. The zero-order chi connectivity index (χ0) is 18.3. The summed E-state index contributed by atoms with van der Waals surface area (Å²) in [6, 6.07) is 7.97. The topological polar surface area (TPSA) is 70.7 Å². The number of carbonyl (C=O) groups is 2. The lowest BCUT2D eigenvalue weighted by Crippen LogP contribution is -2.46. The number of hydrogen-bond donors (Lipinski definition) is 2. The molecule has 138 valence electrons. The highest BCUT2D eigenvalue weighted by atomic mass is 16.6. The van der Waals surface area contributed by atoms with Gasteiger partial charge in [0.1, 0.15) is 5.60 Å². The average Bonchev–Trinajstić information content (AvgIpc) is 2.58. The molecule has 2 amide bonds. The lowest BCUT2D eigenvalue weighted by Gasteiger charge is -2.27. The van der Waals surface area contributed by atoms with Gasteiger partial charge in [0.15, 0.2) is 0 Å². The fourth-order valence-corrected chi connectivity index (χ4v) is 2.64. The number of benzene rings is 1. The Hall–Kier alpha value is -2.08. The van der Waals surface area contributed by atoms with Crippen molar-refractivity contribution in [1.82, 2.24) is 15.5 Å². The van der Waals surface area contributed by atoms with E-state index in [0.717, 1.165) is 43.7 Å². The lowest BCUT2D eigenvalue weighted by molar-refractivity contribution is -0.131. The van der Waals surface area contributed by atoms with Gasteiger partial charge in [0.2, 0.25) is 5.91 Å². The highest BCUT2D eigenvalue weighted by molar-refractivity contribution is 5.76. The van der Waals surface area contributed by atoms with Crippen LogP contribution in [0.3, 0.4) is 0 Å². The van der Waals surface area contributed by atoms with Gasteiger partial charge in [-0.05, 0) is 38.3 Å². The summed E-state index contributed by atoms with van der Waals surface area (Å²) < 4.78 is 5.21. The van der Waals surface area contributed by atoms with Crippen molar-refractivity contribution >= 4 is 12.0 Å². The second-order valence-corrected chi connectivity index (χ2v) is 7.30. The van der Waals surface area contributed by atoms with Gasteiger partial charge in [-0.3, -0.25) is 4.79 Å². The van der Waals surface area contributed by atoms with Crippen LogP contribution >= 0.6 is 0 Å². The number of hydrogen-bond acceptors (Lipinski definition) is 4. The van der Waals surface area contributed by atoms with Crippen LogP contribution in [0, 0.1) is 0 Å². The molecule has 1 aliphatic rings. The molecule has 1 fully saturated rings. The molecule has 0 spiro atoms. The zero-order valence-electron chi connectivity index (χ0n) is 15.4. The van der Waals surface area contributed by atoms with E-state index in [1.165, 1.54) is 0 Å². The van der Waals surface area contributed by atoms with Gasteiger partial charge >= 0.3 is 6.09 Å². The normalized spacial score (nSPS) is 14.9. The molecule has 1 aromatic rings. The number of piperazine rings is 1. The summed E-state index contributed by atoms with van der Waals surface area (Å²) in [5, 5.41) is 5.99. The van der Waals surface area contributed by atoms with Gasteiger partial charge in [-0.25, -0.2) is 4.79 Å². The smallest absolute Gasteiger partial charge is 0.407 e. The molecule has 0 bridgehead atoms. The standard InChI is InChI=1S/C19H29N3O3/c1-19(2,3)25-18(24)21-14-16-6-4-15(5-7-16)8-9-17(23)22-12-10-20-11-13-22/h4-7,20H,8-14H2,1-3H3,(H,21,24). The number of amides is 2. The Labute approximate surface area is 149 Å². The van der Waals surface area contributed by atoms with Gasteiger partial charge in [0, 0.05) is 39.1 Å². The van der Waals surface area contributed by atoms with Crippen molar-refractivity contribution in [1.29, 1.82) is 0 Å². The fourth-order valence-electron chi connectivity index (χ4n) is 2.64. The Balaban J connectivity index is 1.74. The van der Waals surface area contributed by atoms with Crippen molar-refractivity contribution in [3.05, 3.63) is 35.4 Å². The summed E-state index contributed by atoms with van der Waals surface area (Å²) >= 11 is 0. The molecule has 0 aromatic heterocycles. The number of carbonyl (C=O) groups excluding carboxylic acids is 2. The van der Waals surface area contributed by atoms with Crippen molar-refractivity contribution in [2.75, 3.05) is 26.2 Å². The van der Waals surface area contributed by atoms with Crippen molar-refractivity contribution < 1.29 is 14.3 Å². The van der Waals surface area contributed by atoms with Gasteiger partial charge in [0.25, 0.3) is 0 Å². The van der Waals surface area contributed by atoms with E-state index in [0.29, 0.717) is 13.0 Å². The minimum Gasteiger partial charge on any atom is -0.444 e. The number of rotatable bonds is 5. The van der Waals surface area contributed by atoms with Crippen LogP contribution < -0.4 is 10.6 Å². The Morgan fingerprint density at radius 3 is 2.32 bits per heavy atom. The predicted octanol–water partition coefficient (Wildman–Crippen LogP) is 2.08. The maximum Gasteiger partial charge on any atom is 0.407 e. The van der Waals surface area contributed by atoms with Crippen LogP contribution in [0.2, 0.25) is 0 Å². The Morgan fingerprint density at radius 1 is 1.12 bits per heavy atom. The van der Waals surface area contributed by atoms with Gasteiger partial charge in [0.05, 0.1) is 0 Å². The molecular formula is C19H29N3O3. The molecule has 0 saturated carbocycles. The van der Waals surface area contributed by atoms with Gasteiger partial charge in [-0.1, -0.05) is 24.3 Å². The van der Waals surface area contributed by atoms with Crippen LogP contribution in [0.25, 0.3) is 0 Å². The van der Waals surface area contributed by atoms with Crippen LogP contribution in [-0.4, -0.2) is 48.7 Å². The number of aryl methyl sites for hydroxylation is 1. The quantitative estimate of drug-likeness (QED) is 0.855. The predicted molar refractivity (Wildman–Crippen MR) is 97.3 cm³/mol. The van der Waals surface area contributed by atoms with Crippen molar-refractivity contribution in [2.24, 2.45) is 0 Å². The molecule has 2 N–H and O–H groups in total. The molecule has 6 heteroatoms. The Kier molecular flexibility index (Phi) is 6.82. The van der Waals surface area contributed by atoms with E-state index in [1.54, 1.807) is 0 Å². The largest absolute Gasteiger partial charge is 0.444 e. The summed E-state index contributed by atoms with van der Waals surface area (Å²) in [5.74, 6) is 0.220. The molecule has 1 aliphatic heterocycles. The van der Waals surface area contributed by atoms with Crippen LogP contribution in [0.15, 0.2) is 24.3 Å². The van der Waals surface area contributed by atoms with E-state index in [2.05, 4.69) is 10.6 Å². The minimum absolute atomic E-state index is 0.220. The van der Waals surface area contributed by atoms with Crippen LogP contribution in [-0.2, 0) is 22.5 Å². The number of nitrogens with zero attached hydrogens (tertiary/aromatic N) is 1. The molecular weight excluding hydrogens is 318 g/mol. The lowest BCUT2D eigenvalue weighted by atomic mass is 10.1. The zero-order valence-corrected chi connectivity index (χ0v) is 15.4. The first kappa shape index (κ1) is 19.2. The Morgan fingerprint density at radius 2 is 1.72 bits per heavy atom. The van der Waals surface area contributed by atoms with Crippen LogP contribution in [0.4, 0.5) is 4.79 Å². The molecule has 1 saturated heterocycles. The second kappa shape index (κ2) is 8.85. The number of alkyl carbamates (subject to hydrolysis) is 1. The molecule has 0 radical (unpaired) electrons.